The molecule has 1 aromatic heterocycles. The van der Waals surface area contributed by atoms with Crippen LogP contribution in [0.4, 0.5) is 5.82 Å². The molecule has 1 unspecified atom stereocenters. The van der Waals surface area contributed by atoms with Crippen LogP contribution < -0.4 is 10.1 Å². The number of ketones is 1. The first-order chi connectivity index (χ1) is 14.4. The molecular weight excluding hydrogens is 378 g/mol. The number of aromatic nitrogens is 2. The summed E-state index contributed by atoms with van der Waals surface area (Å²) < 4.78 is 7.19. The van der Waals surface area contributed by atoms with Gasteiger partial charge in [0.25, 0.3) is 0 Å². The summed E-state index contributed by atoms with van der Waals surface area (Å²) in [6.07, 6.45) is 0.110. The Morgan fingerprint density at radius 3 is 2.53 bits per heavy atom. The van der Waals surface area contributed by atoms with Crippen LogP contribution in [0.3, 0.4) is 0 Å². The van der Waals surface area contributed by atoms with Crippen molar-refractivity contribution >= 4 is 17.5 Å². The minimum absolute atomic E-state index is 0.0862. The number of carbonyl (C=O) groups is 2. The maximum atomic E-state index is 13.3. The van der Waals surface area contributed by atoms with E-state index >= 15 is 0 Å². The summed E-state index contributed by atoms with van der Waals surface area (Å²) in [5.74, 6) is 0.465. The standard InChI is InChI=1S/C24H25N3O3/c1-5-30-19-10-7-17(8-11-19)23(29)20-13-21(28)25-24-22(20)16(4)26-27(24)18-9-6-14(2)15(3)12-18/h6-12,20H,5,13H2,1-4H3,(H,25,28). The van der Waals surface area contributed by atoms with E-state index in [0.717, 1.165) is 28.3 Å². The summed E-state index contributed by atoms with van der Waals surface area (Å²) in [6, 6.07) is 13.1. The van der Waals surface area contributed by atoms with Crippen molar-refractivity contribution in [3.05, 3.63) is 70.4 Å². The molecule has 1 amide bonds. The molecule has 1 aliphatic rings. The Balaban J connectivity index is 1.75. The summed E-state index contributed by atoms with van der Waals surface area (Å²) in [5, 5.41) is 7.60. The van der Waals surface area contributed by atoms with Gasteiger partial charge in [0, 0.05) is 17.5 Å². The average Bonchev–Trinajstić information content (AvgIpc) is 3.06. The van der Waals surface area contributed by atoms with Crippen molar-refractivity contribution in [3.63, 3.8) is 0 Å². The van der Waals surface area contributed by atoms with Crippen molar-refractivity contribution in [1.29, 1.82) is 0 Å². The van der Waals surface area contributed by atoms with Crippen LogP contribution in [0.1, 0.15) is 52.0 Å². The van der Waals surface area contributed by atoms with Gasteiger partial charge >= 0.3 is 0 Å². The lowest BCUT2D eigenvalue weighted by Crippen LogP contribution is -2.28. The molecule has 4 rings (SSSR count). The number of benzene rings is 2. The molecule has 0 spiro atoms. The Morgan fingerprint density at radius 1 is 1.13 bits per heavy atom. The van der Waals surface area contributed by atoms with Crippen LogP contribution in [0.5, 0.6) is 5.75 Å². The van der Waals surface area contributed by atoms with Gasteiger partial charge in [0.2, 0.25) is 5.91 Å². The Bertz CT molecular complexity index is 1130. The van der Waals surface area contributed by atoms with Gasteiger partial charge in [-0.1, -0.05) is 6.07 Å². The Kier molecular flexibility index (Phi) is 5.16. The highest BCUT2D eigenvalue weighted by atomic mass is 16.5. The molecule has 30 heavy (non-hydrogen) atoms. The number of Topliss-reactive ketones (excluding diaryl/α,β-unsaturated/α-hetero) is 1. The Morgan fingerprint density at radius 2 is 1.87 bits per heavy atom. The number of carbonyl (C=O) groups excluding carboxylic acids is 2. The van der Waals surface area contributed by atoms with E-state index in [4.69, 9.17) is 4.74 Å². The number of nitrogens with one attached hydrogen (secondary N) is 1. The van der Waals surface area contributed by atoms with Gasteiger partial charge < -0.3 is 10.1 Å². The molecule has 0 radical (unpaired) electrons. The molecule has 6 heteroatoms. The van der Waals surface area contributed by atoms with Gasteiger partial charge in [-0.3, -0.25) is 9.59 Å². The zero-order valence-corrected chi connectivity index (χ0v) is 17.7. The maximum Gasteiger partial charge on any atom is 0.226 e. The molecule has 1 aliphatic heterocycles. The number of hydrogen-bond acceptors (Lipinski definition) is 4. The minimum Gasteiger partial charge on any atom is -0.494 e. The molecule has 1 atom stereocenters. The minimum atomic E-state index is -0.563. The number of amides is 1. The summed E-state index contributed by atoms with van der Waals surface area (Å²) in [4.78, 5) is 25.8. The van der Waals surface area contributed by atoms with Crippen molar-refractivity contribution in [1.82, 2.24) is 9.78 Å². The monoisotopic (exact) mass is 403 g/mol. The van der Waals surface area contributed by atoms with E-state index in [2.05, 4.69) is 17.3 Å². The zero-order valence-electron chi connectivity index (χ0n) is 17.7. The summed E-state index contributed by atoms with van der Waals surface area (Å²) in [5.41, 5.74) is 5.27. The number of fused-ring (bicyclic) bond motifs is 1. The predicted molar refractivity (Wildman–Crippen MR) is 116 cm³/mol. The van der Waals surface area contributed by atoms with Crippen molar-refractivity contribution in [3.8, 4) is 11.4 Å². The molecule has 2 aromatic carbocycles. The van der Waals surface area contributed by atoms with E-state index in [1.165, 1.54) is 5.56 Å². The fourth-order valence-corrected chi connectivity index (χ4v) is 3.90. The second-order valence-corrected chi connectivity index (χ2v) is 7.65. The van der Waals surface area contributed by atoms with Crippen molar-refractivity contribution in [2.45, 2.75) is 40.0 Å². The second-order valence-electron chi connectivity index (χ2n) is 7.65. The van der Waals surface area contributed by atoms with Crippen LogP contribution in [0.15, 0.2) is 42.5 Å². The largest absolute Gasteiger partial charge is 0.494 e. The third-order valence-electron chi connectivity index (χ3n) is 5.60. The van der Waals surface area contributed by atoms with Gasteiger partial charge in [0.15, 0.2) is 5.78 Å². The van der Waals surface area contributed by atoms with Gasteiger partial charge in [0.1, 0.15) is 11.6 Å². The van der Waals surface area contributed by atoms with E-state index in [9.17, 15) is 9.59 Å². The lowest BCUT2D eigenvalue weighted by Gasteiger charge is -2.23. The smallest absolute Gasteiger partial charge is 0.226 e. The highest BCUT2D eigenvalue weighted by molar-refractivity contribution is 6.08. The highest BCUT2D eigenvalue weighted by Gasteiger charge is 2.36. The SMILES string of the molecule is CCOc1ccc(C(=O)C2CC(=O)Nc3c2c(C)nn3-c2ccc(C)c(C)c2)cc1. The van der Waals surface area contributed by atoms with E-state index in [-0.39, 0.29) is 18.1 Å². The molecule has 0 bridgehead atoms. The first-order valence-corrected chi connectivity index (χ1v) is 10.1. The quantitative estimate of drug-likeness (QED) is 0.637. The molecule has 0 fully saturated rings. The van der Waals surface area contributed by atoms with Crippen molar-refractivity contribution in [2.24, 2.45) is 0 Å². The van der Waals surface area contributed by atoms with Crippen LogP contribution in [0.2, 0.25) is 0 Å². The number of rotatable bonds is 5. The van der Waals surface area contributed by atoms with Gasteiger partial charge in [-0.05, 0) is 75.2 Å². The second kappa shape index (κ2) is 7.78. The summed E-state index contributed by atoms with van der Waals surface area (Å²) >= 11 is 0. The highest BCUT2D eigenvalue weighted by Crippen LogP contribution is 2.38. The van der Waals surface area contributed by atoms with Gasteiger partial charge in [-0.25, -0.2) is 4.68 Å². The Labute approximate surface area is 175 Å². The van der Waals surface area contributed by atoms with Gasteiger partial charge in [-0.15, -0.1) is 0 Å². The van der Waals surface area contributed by atoms with Crippen LogP contribution in [-0.4, -0.2) is 28.1 Å². The lowest BCUT2D eigenvalue weighted by atomic mass is 9.85. The fraction of sp³-hybridized carbons (Fsp3) is 0.292. The average molecular weight is 403 g/mol. The topological polar surface area (TPSA) is 73.2 Å². The number of ether oxygens (including phenoxy) is 1. The lowest BCUT2D eigenvalue weighted by molar-refractivity contribution is -0.116. The van der Waals surface area contributed by atoms with Crippen LogP contribution >= 0.6 is 0 Å². The molecule has 6 nitrogen and oxygen atoms in total. The third kappa shape index (κ3) is 3.49. The maximum absolute atomic E-state index is 13.3. The zero-order chi connectivity index (χ0) is 21.4. The van der Waals surface area contributed by atoms with E-state index in [1.807, 2.05) is 39.0 Å². The molecule has 3 aromatic rings. The van der Waals surface area contributed by atoms with E-state index in [1.54, 1.807) is 28.9 Å². The Hall–Kier alpha value is -3.41. The van der Waals surface area contributed by atoms with Crippen LogP contribution in [0, 0.1) is 20.8 Å². The summed E-state index contributed by atoms with van der Waals surface area (Å²) in [6.45, 7) is 8.45. The van der Waals surface area contributed by atoms with Gasteiger partial charge in [-0.2, -0.15) is 5.10 Å². The number of nitrogens with zero attached hydrogens (tertiary/aromatic N) is 2. The first-order valence-electron chi connectivity index (χ1n) is 10.1. The number of aryl methyl sites for hydroxylation is 3. The fourth-order valence-electron chi connectivity index (χ4n) is 3.90. The number of anilines is 1. The van der Waals surface area contributed by atoms with Gasteiger partial charge in [0.05, 0.1) is 23.9 Å². The predicted octanol–water partition coefficient (Wildman–Crippen LogP) is 4.50. The van der Waals surface area contributed by atoms with E-state index in [0.29, 0.717) is 18.0 Å². The van der Waals surface area contributed by atoms with Crippen molar-refractivity contribution in [2.75, 3.05) is 11.9 Å². The molecule has 0 saturated heterocycles. The normalized spacial score (nSPS) is 15.5. The van der Waals surface area contributed by atoms with Crippen LogP contribution in [0.25, 0.3) is 5.69 Å². The van der Waals surface area contributed by atoms with Crippen LogP contribution in [-0.2, 0) is 4.79 Å². The molecule has 0 aliphatic carbocycles. The van der Waals surface area contributed by atoms with E-state index < -0.39 is 5.92 Å². The number of hydrogen-bond donors (Lipinski definition) is 1. The molecule has 1 N–H and O–H groups in total. The first kappa shape index (κ1) is 19.9. The third-order valence-corrected chi connectivity index (χ3v) is 5.60. The molecular formula is C24H25N3O3. The molecule has 0 saturated carbocycles. The molecule has 154 valence electrons. The van der Waals surface area contributed by atoms with Crippen molar-refractivity contribution < 1.29 is 14.3 Å². The molecule has 2 heterocycles. The summed E-state index contributed by atoms with van der Waals surface area (Å²) in [7, 11) is 0.